The smallest absolute Gasteiger partial charge is 0.295 e. The Bertz CT molecular complexity index is 1280. The van der Waals surface area contributed by atoms with Crippen LogP contribution in [0.25, 0.3) is 15.9 Å². The molecule has 0 aliphatic rings. The molecule has 1 N–H and O–H groups in total. The molecule has 2 aromatic heterocycles. The number of para-hydroxylation sites is 1. The summed E-state index contributed by atoms with van der Waals surface area (Å²) in [5.41, 5.74) is 2.38. The molecular formula is C21H19ClN4O2S2. The number of thiazole rings is 1. The fourth-order valence-corrected chi connectivity index (χ4v) is 5.31. The lowest BCUT2D eigenvalue weighted by Gasteiger charge is -2.07. The van der Waals surface area contributed by atoms with Crippen LogP contribution < -0.4 is 10.9 Å². The van der Waals surface area contributed by atoms with Crippen LogP contribution in [0.5, 0.6) is 0 Å². The van der Waals surface area contributed by atoms with Crippen LogP contribution in [0, 0.1) is 6.92 Å². The van der Waals surface area contributed by atoms with Crippen LogP contribution in [0.15, 0.2) is 57.7 Å². The average Bonchev–Trinajstić information content (AvgIpc) is 3.22. The van der Waals surface area contributed by atoms with Crippen molar-refractivity contribution in [3.63, 3.8) is 0 Å². The molecule has 2 heterocycles. The van der Waals surface area contributed by atoms with Crippen molar-refractivity contribution in [3.8, 4) is 5.69 Å². The zero-order valence-electron chi connectivity index (χ0n) is 16.4. The van der Waals surface area contributed by atoms with Crippen molar-refractivity contribution < 1.29 is 4.79 Å². The van der Waals surface area contributed by atoms with Crippen molar-refractivity contribution in [2.45, 2.75) is 17.7 Å². The van der Waals surface area contributed by atoms with Gasteiger partial charge in [-0.1, -0.05) is 41.6 Å². The third-order valence-corrected chi connectivity index (χ3v) is 7.12. The van der Waals surface area contributed by atoms with E-state index < -0.39 is 0 Å². The number of amides is 1. The van der Waals surface area contributed by atoms with E-state index in [-0.39, 0.29) is 17.9 Å². The molecule has 0 saturated carbocycles. The number of halogens is 1. The lowest BCUT2D eigenvalue weighted by atomic mass is 10.3. The van der Waals surface area contributed by atoms with E-state index in [0.29, 0.717) is 22.2 Å². The van der Waals surface area contributed by atoms with Gasteiger partial charge in [0, 0.05) is 24.2 Å². The Morgan fingerprint density at radius 3 is 2.77 bits per heavy atom. The van der Waals surface area contributed by atoms with Crippen molar-refractivity contribution in [2.24, 2.45) is 7.05 Å². The molecule has 2 aromatic carbocycles. The maximum Gasteiger partial charge on any atom is 0.295 e. The lowest BCUT2D eigenvalue weighted by Crippen LogP contribution is -2.23. The molecule has 0 spiro atoms. The second-order valence-corrected chi connectivity index (χ2v) is 9.48. The van der Waals surface area contributed by atoms with Gasteiger partial charge in [-0.05, 0) is 37.3 Å². The Morgan fingerprint density at radius 1 is 1.23 bits per heavy atom. The van der Waals surface area contributed by atoms with E-state index in [1.54, 1.807) is 27.7 Å². The molecule has 4 rings (SSSR count). The van der Waals surface area contributed by atoms with E-state index in [9.17, 15) is 9.59 Å². The molecule has 0 radical (unpaired) electrons. The number of anilines is 1. The van der Waals surface area contributed by atoms with Gasteiger partial charge in [-0.2, -0.15) is 0 Å². The van der Waals surface area contributed by atoms with Gasteiger partial charge in [-0.3, -0.25) is 14.3 Å². The molecule has 4 aromatic rings. The lowest BCUT2D eigenvalue weighted by molar-refractivity contribution is -0.115. The quantitative estimate of drug-likeness (QED) is 0.418. The molecule has 0 aliphatic heterocycles. The largest absolute Gasteiger partial charge is 0.320 e. The predicted molar refractivity (Wildman–Crippen MR) is 124 cm³/mol. The molecule has 1 amide bonds. The zero-order chi connectivity index (χ0) is 21.3. The van der Waals surface area contributed by atoms with Gasteiger partial charge in [-0.25, -0.2) is 9.67 Å². The van der Waals surface area contributed by atoms with E-state index in [2.05, 4.69) is 10.3 Å². The molecule has 0 unspecified atom stereocenters. The molecule has 154 valence electrons. The van der Waals surface area contributed by atoms with Crippen molar-refractivity contribution in [3.05, 3.63) is 69.6 Å². The summed E-state index contributed by atoms with van der Waals surface area (Å²) in [5, 5.41) is 3.44. The van der Waals surface area contributed by atoms with Gasteiger partial charge >= 0.3 is 0 Å². The second-order valence-electron chi connectivity index (χ2n) is 6.67. The molecule has 30 heavy (non-hydrogen) atoms. The van der Waals surface area contributed by atoms with Crippen molar-refractivity contribution >= 4 is 56.5 Å². The van der Waals surface area contributed by atoms with Gasteiger partial charge in [-0.15, -0.1) is 11.3 Å². The van der Waals surface area contributed by atoms with Crippen LogP contribution in [0.3, 0.4) is 0 Å². The van der Waals surface area contributed by atoms with Gasteiger partial charge in [0.05, 0.1) is 21.6 Å². The fourth-order valence-electron chi connectivity index (χ4n) is 3.09. The van der Waals surface area contributed by atoms with Crippen LogP contribution in [0.2, 0.25) is 5.02 Å². The van der Waals surface area contributed by atoms with Gasteiger partial charge in [0.1, 0.15) is 5.69 Å². The minimum atomic E-state index is -0.245. The highest BCUT2D eigenvalue weighted by Crippen LogP contribution is 2.31. The number of benzene rings is 2. The van der Waals surface area contributed by atoms with E-state index in [4.69, 9.17) is 11.6 Å². The molecule has 0 atom stereocenters. The monoisotopic (exact) mass is 458 g/mol. The second kappa shape index (κ2) is 8.67. The first-order valence-electron chi connectivity index (χ1n) is 9.27. The molecule has 9 heteroatoms. The Labute approximate surface area is 186 Å². The Balaban J connectivity index is 1.42. The summed E-state index contributed by atoms with van der Waals surface area (Å²) < 4.78 is 5.25. The number of aromatic nitrogens is 3. The summed E-state index contributed by atoms with van der Waals surface area (Å²) in [5.74, 6) is 0.371. The Morgan fingerprint density at radius 2 is 2.00 bits per heavy atom. The number of fused-ring (bicyclic) bond motifs is 1. The molecular weight excluding hydrogens is 440 g/mol. The number of hydrogen-bond acceptors (Lipinski definition) is 5. The summed E-state index contributed by atoms with van der Waals surface area (Å²) in [4.78, 5) is 29.9. The highest BCUT2D eigenvalue weighted by molar-refractivity contribution is 8.01. The minimum absolute atomic E-state index is 0.197. The van der Waals surface area contributed by atoms with Crippen LogP contribution >= 0.6 is 34.7 Å². The van der Waals surface area contributed by atoms with E-state index in [0.717, 1.165) is 20.2 Å². The number of thioether (sulfide) groups is 1. The summed E-state index contributed by atoms with van der Waals surface area (Å²) in [6, 6.07) is 15.0. The summed E-state index contributed by atoms with van der Waals surface area (Å²) in [6.07, 6.45) is 0.278. The fraction of sp³-hybridized carbons (Fsp3) is 0.190. The summed E-state index contributed by atoms with van der Waals surface area (Å²) in [6.45, 7) is 1.82. The maximum absolute atomic E-state index is 12.9. The number of hydrogen-bond donors (Lipinski definition) is 1. The highest BCUT2D eigenvalue weighted by Gasteiger charge is 2.18. The van der Waals surface area contributed by atoms with Crippen molar-refractivity contribution in [2.75, 3.05) is 11.1 Å². The average molecular weight is 459 g/mol. The number of nitrogens with zero attached hydrogens (tertiary/aromatic N) is 3. The summed E-state index contributed by atoms with van der Waals surface area (Å²) in [7, 11) is 1.80. The van der Waals surface area contributed by atoms with E-state index >= 15 is 0 Å². The first-order chi connectivity index (χ1) is 14.4. The van der Waals surface area contributed by atoms with Gasteiger partial charge < -0.3 is 5.32 Å². The Hall–Kier alpha value is -2.55. The van der Waals surface area contributed by atoms with Crippen LogP contribution in [-0.4, -0.2) is 26.0 Å². The SMILES string of the molecule is Cc1c(NC(=O)CCSc2nc3cc(Cl)ccc3s2)c(=O)n(-c2ccccc2)n1C. The standard InChI is InChI=1S/C21H19ClN4O2S2/c1-13-19(20(28)26(25(13)2)15-6-4-3-5-7-15)24-18(27)10-11-29-21-23-16-12-14(22)8-9-17(16)30-21/h3-9,12H,10-11H2,1-2H3,(H,24,27). The van der Waals surface area contributed by atoms with E-state index in [1.807, 2.05) is 55.5 Å². The summed E-state index contributed by atoms with van der Waals surface area (Å²) >= 11 is 9.10. The Kier molecular flexibility index (Phi) is 5.99. The predicted octanol–water partition coefficient (Wildman–Crippen LogP) is 4.87. The molecule has 0 fully saturated rings. The van der Waals surface area contributed by atoms with Gasteiger partial charge in [0.25, 0.3) is 5.56 Å². The zero-order valence-corrected chi connectivity index (χ0v) is 18.8. The van der Waals surface area contributed by atoms with Gasteiger partial charge in [0.15, 0.2) is 4.34 Å². The minimum Gasteiger partial charge on any atom is -0.320 e. The molecule has 6 nitrogen and oxygen atoms in total. The van der Waals surface area contributed by atoms with Gasteiger partial charge in [0.2, 0.25) is 5.91 Å². The van der Waals surface area contributed by atoms with E-state index in [1.165, 1.54) is 11.8 Å². The number of carbonyl (C=O) groups is 1. The molecule has 0 bridgehead atoms. The highest BCUT2D eigenvalue weighted by atomic mass is 35.5. The maximum atomic E-state index is 12.9. The normalized spacial score (nSPS) is 11.2. The number of carbonyl (C=O) groups excluding carboxylic acids is 1. The third kappa shape index (κ3) is 4.16. The van der Waals surface area contributed by atoms with Crippen LogP contribution in [-0.2, 0) is 11.8 Å². The number of rotatable bonds is 6. The van der Waals surface area contributed by atoms with Crippen molar-refractivity contribution in [1.29, 1.82) is 0 Å². The first-order valence-corrected chi connectivity index (χ1v) is 11.4. The third-order valence-electron chi connectivity index (χ3n) is 4.70. The molecule has 0 saturated heterocycles. The topological polar surface area (TPSA) is 68.9 Å². The first kappa shape index (κ1) is 20.7. The van der Waals surface area contributed by atoms with Crippen LogP contribution in [0.4, 0.5) is 5.69 Å². The number of nitrogens with one attached hydrogen (secondary N) is 1. The molecule has 0 aliphatic carbocycles. The van der Waals surface area contributed by atoms with Crippen molar-refractivity contribution in [1.82, 2.24) is 14.3 Å². The van der Waals surface area contributed by atoms with Crippen LogP contribution in [0.1, 0.15) is 12.1 Å².